The average molecular weight is 302 g/mol. The molecule has 0 saturated carbocycles. The van der Waals surface area contributed by atoms with Gasteiger partial charge < -0.3 is 11.1 Å². The van der Waals surface area contributed by atoms with Crippen LogP contribution in [-0.4, -0.2) is 10.9 Å². The van der Waals surface area contributed by atoms with E-state index in [0.717, 1.165) is 11.3 Å². The van der Waals surface area contributed by atoms with Crippen LogP contribution in [0, 0.1) is 6.92 Å². The van der Waals surface area contributed by atoms with Gasteiger partial charge in [0.25, 0.3) is 5.91 Å². The summed E-state index contributed by atoms with van der Waals surface area (Å²) in [5.41, 5.74) is 6.64. The second kappa shape index (κ2) is 5.14. The van der Waals surface area contributed by atoms with E-state index in [2.05, 4.69) is 10.3 Å². The summed E-state index contributed by atoms with van der Waals surface area (Å²) < 4.78 is 0. The monoisotopic (exact) mass is 301 g/mol. The first-order valence-corrected chi connectivity index (χ1v) is 6.54. The second-order valence-corrected chi connectivity index (χ2v) is 5.42. The molecule has 7 heteroatoms. The Kier molecular flexibility index (Phi) is 3.75. The SMILES string of the molecule is Cc1nc(N)sc1C(=O)Nc1ccc(Cl)cc1Cl. The van der Waals surface area contributed by atoms with Crippen LogP contribution in [0.4, 0.5) is 10.8 Å². The number of hydrogen-bond donors (Lipinski definition) is 2. The number of nitrogens with zero attached hydrogens (tertiary/aromatic N) is 1. The Morgan fingerprint density at radius 3 is 2.72 bits per heavy atom. The number of benzene rings is 1. The van der Waals surface area contributed by atoms with E-state index >= 15 is 0 Å². The molecule has 4 nitrogen and oxygen atoms in total. The zero-order valence-electron chi connectivity index (χ0n) is 9.33. The molecule has 0 aliphatic rings. The number of nitrogens with one attached hydrogen (secondary N) is 1. The van der Waals surface area contributed by atoms with Gasteiger partial charge in [0.2, 0.25) is 0 Å². The third kappa shape index (κ3) is 2.75. The van der Waals surface area contributed by atoms with Gasteiger partial charge >= 0.3 is 0 Å². The van der Waals surface area contributed by atoms with Gasteiger partial charge in [0.1, 0.15) is 4.88 Å². The molecule has 1 amide bonds. The van der Waals surface area contributed by atoms with Crippen molar-refractivity contribution in [3.8, 4) is 0 Å². The van der Waals surface area contributed by atoms with E-state index in [-0.39, 0.29) is 5.91 Å². The largest absolute Gasteiger partial charge is 0.375 e. The number of hydrogen-bond acceptors (Lipinski definition) is 4. The van der Waals surface area contributed by atoms with Crippen molar-refractivity contribution in [2.45, 2.75) is 6.92 Å². The first-order chi connectivity index (χ1) is 8.47. The number of halogens is 2. The number of nitrogens with two attached hydrogens (primary N) is 1. The van der Waals surface area contributed by atoms with Gasteiger partial charge in [-0.15, -0.1) is 0 Å². The molecule has 0 bridgehead atoms. The molecule has 1 heterocycles. The van der Waals surface area contributed by atoms with Crippen LogP contribution in [-0.2, 0) is 0 Å². The molecule has 3 N–H and O–H groups in total. The maximum absolute atomic E-state index is 12.0. The maximum atomic E-state index is 12.0. The van der Waals surface area contributed by atoms with E-state index in [1.54, 1.807) is 25.1 Å². The molecule has 2 rings (SSSR count). The zero-order valence-corrected chi connectivity index (χ0v) is 11.7. The summed E-state index contributed by atoms with van der Waals surface area (Å²) in [6.07, 6.45) is 0. The summed E-state index contributed by atoms with van der Waals surface area (Å²) >= 11 is 12.9. The first-order valence-electron chi connectivity index (χ1n) is 4.96. The normalized spacial score (nSPS) is 10.4. The molecule has 0 radical (unpaired) electrons. The highest BCUT2D eigenvalue weighted by atomic mass is 35.5. The number of nitrogen functional groups attached to an aromatic ring is 1. The smallest absolute Gasteiger partial charge is 0.267 e. The van der Waals surface area contributed by atoms with Gasteiger partial charge in [-0.25, -0.2) is 4.98 Å². The van der Waals surface area contributed by atoms with E-state index in [0.29, 0.717) is 31.4 Å². The quantitative estimate of drug-likeness (QED) is 0.890. The van der Waals surface area contributed by atoms with Crippen LogP contribution in [0.1, 0.15) is 15.4 Å². The highest BCUT2D eigenvalue weighted by Crippen LogP contribution is 2.27. The van der Waals surface area contributed by atoms with Crippen molar-refractivity contribution in [1.29, 1.82) is 0 Å². The minimum absolute atomic E-state index is 0.286. The number of amides is 1. The predicted octanol–water partition coefficient (Wildman–Crippen LogP) is 3.59. The molecule has 1 aromatic heterocycles. The third-order valence-electron chi connectivity index (χ3n) is 2.20. The lowest BCUT2D eigenvalue weighted by Gasteiger charge is -2.06. The van der Waals surface area contributed by atoms with Crippen LogP contribution >= 0.6 is 34.5 Å². The average Bonchev–Trinajstić information content (AvgIpc) is 2.62. The van der Waals surface area contributed by atoms with Gasteiger partial charge in [-0.3, -0.25) is 4.79 Å². The van der Waals surface area contributed by atoms with Gasteiger partial charge in [-0.2, -0.15) is 0 Å². The second-order valence-electron chi connectivity index (χ2n) is 3.54. The highest BCUT2D eigenvalue weighted by Gasteiger charge is 2.15. The van der Waals surface area contributed by atoms with Crippen molar-refractivity contribution in [3.05, 3.63) is 38.8 Å². The summed E-state index contributed by atoms with van der Waals surface area (Å²) in [7, 11) is 0. The summed E-state index contributed by atoms with van der Waals surface area (Å²) in [4.78, 5) is 16.5. The van der Waals surface area contributed by atoms with Crippen LogP contribution in [0.2, 0.25) is 10.0 Å². The van der Waals surface area contributed by atoms with Crippen molar-refractivity contribution in [3.63, 3.8) is 0 Å². The van der Waals surface area contributed by atoms with Crippen LogP contribution in [0.15, 0.2) is 18.2 Å². The van der Waals surface area contributed by atoms with Crippen LogP contribution < -0.4 is 11.1 Å². The predicted molar refractivity (Wildman–Crippen MR) is 75.7 cm³/mol. The molecule has 0 spiro atoms. The lowest BCUT2D eigenvalue weighted by molar-refractivity contribution is 0.103. The van der Waals surface area contributed by atoms with Crippen LogP contribution in [0.3, 0.4) is 0 Å². The lowest BCUT2D eigenvalue weighted by atomic mass is 10.3. The lowest BCUT2D eigenvalue weighted by Crippen LogP contribution is -2.11. The number of rotatable bonds is 2. The van der Waals surface area contributed by atoms with Crippen molar-refractivity contribution in [2.24, 2.45) is 0 Å². The Balaban J connectivity index is 2.24. The minimum atomic E-state index is -0.286. The van der Waals surface area contributed by atoms with Crippen molar-refractivity contribution >= 4 is 51.3 Å². The summed E-state index contributed by atoms with van der Waals surface area (Å²) in [5.74, 6) is -0.286. The molecular weight excluding hydrogens is 293 g/mol. The number of thiazole rings is 1. The molecule has 1 aromatic carbocycles. The fraction of sp³-hybridized carbons (Fsp3) is 0.0909. The van der Waals surface area contributed by atoms with E-state index < -0.39 is 0 Å². The van der Waals surface area contributed by atoms with Crippen molar-refractivity contribution in [1.82, 2.24) is 4.98 Å². The fourth-order valence-corrected chi connectivity index (χ4v) is 2.58. The van der Waals surface area contributed by atoms with Gasteiger partial charge in [-0.05, 0) is 25.1 Å². The van der Waals surface area contributed by atoms with Gasteiger partial charge in [-0.1, -0.05) is 34.5 Å². The molecule has 2 aromatic rings. The molecule has 0 unspecified atom stereocenters. The van der Waals surface area contributed by atoms with Crippen LogP contribution in [0.25, 0.3) is 0 Å². The van der Waals surface area contributed by atoms with E-state index in [4.69, 9.17) is 28.9 Å². The molecule has 0 aliphatic carbocycles. The fourth-order valence-electron chi connectivity index (χ4n) is 1.40. The molecule has 94 valence electrons. The molecular formula is C11H9Cl2N3OS. The number of aromatic nitrogens is 1. The minimum Gasteiger partial charge on any atom is -0.375 e. The molecule has 0 saturated heterocycles. The number of anilines is 2. The Morgan fingerprint density at radius 1 is 1.44 bits per heavy atom. The first kappa shape index (κ1) is 13.1. The number of aryl methyl sites for hydroxylation is 1. The van der Waals surface area contributed by atoms with E-state index in [9.17, 15) is 4.79 Å². The van der Waals surface area contributed by atoms with Crippen molar-refractivity contribution < 1.29 is 4.79 Å². The van der Waals surface area contributed by atoms with Crippen LogP contribution in [0.5, 0.6) is 0 Å². The zero-order chi connectivity index (χ0) is 13.3. The summed E-state index contributed by atoms with van der Waals surface area (Å²) in [5, 5.41) is 3.95. The molecule has 0 aliphatic heterocycles. The topological polar surface area (TPSA) is 68.0 Å². The Hall–Kier alpha value is -1.30. The molecule has 18 heavy (non-hydrogen) atoms. The molecule has 0 fully saturated rings. The number of carbonyl (C=O) groups excluding carboxylic acids is 1. The Labute approximate surface area is 118 Å². The highest BCUT2D eigenvalue weighted by molar-refractivity contribution is 7.17. The standard InChI is InChI=1S/C11H9Cl2N3OS/c1-5-9(18-11(14)15-5)10(17)16-8-3-2-6(12)4-7(8)13/h2-4H,1H3,(H2,14,15)(H,16,17). The Morgan fingerprint density at radius 2 is 2.17 bits per heavy atom. The van der Waals surface area contributed by atoms with E-state index in [1.807, 2.05) is 0 Å². The van der Waals surface area contributed by atoms with Gasteiger partial charge in [0.15, 0.2) is 5.13 Å². The van der Waals surface area contributed by atoms with E-state index in [1.165, 1.54) is 0 Å². The van der Waals surface area contributed by atoms with Crippen molar-refractivity contribution in [2.75, 3.05) is 11.1 Å². The van der Waals surface area contributed by atoms with Gasteiger partial charge in [0, 0.05) is 5.02 Å². The summed E-state index contributed by atoms with van der Waals surface area (Å²) in [6.45, 7) is 1.73. The molecule has 0 atom stereocenters. The summed E-state index contributed by atoms with van der Waals surface area (Å²) in [6, 6.07) is 4.85. The third-order valence-corrected chi connectivity index (χ3v) is 3.73. The number of carbonyl (C=O) groups is 1. The Bertz CT molecular complexity index is 612. The maximum Gasteiger partial charge on any atom is 0.267 e. The van der Waals surface area contributed by atoms with Gasteiger partial charge in [0.05, 0.1) is 16.4 Å².